The molecule has 2 unspecified atom stereocenters. The summed E-state index contributed by atoms with van der Waals surface area (Å²) in [7, 11) is 0. The number of hydrogen-bond donors (Lipinski definition) is 0. The van der Waals surface area contributed by atoms with E-state index in [9.17, 15) is 18.0 Å². The van der Waals surface area contributed by atoms with Gasteiger partial charge in [0.1, 0.15) is 6.61 Å². The zero-order chi connectivity index (χ0) is 21.3. The molecule has 2 atom stereocenters. The normalized spacial score (nSPS) is 21.2. The van der Waals surface area contributed by atoms with Gasteiger partial charge in [-0.15, -0.1) is 0 Å². The number of fused-ring (bicyclic) bond motifs is 2. The van der Waals surface area contributed by atoms with Gasteiger partial charge in [-0.1, -0.05) is 48.0 Å². The number of ether oxygens (including phenoxy) is 2. The minimum Gasteiger partial charge on any atom is -0.445 e. The second-order valence-corrected chi connectivity index (χ2v) is 7.70. The van der Waals surface area contributed by atoms with Crippen molar-refractivity contribution >= 4 is 23.3 Å². The zero-order valence-corrected chi connectivity index (χ0v) is 16.6. The van der Waals surface area contributed by atoms with Gasteiger partial charge in [-0.25, -0.2) is 4.79 Å². The molecule has 4 rings (SSSR count). The molecular formula is C22H19ClF3NO3. The molecule has 2 aromatic rings. The average molecular weight is 438 g/mol. The topological polar surface area (TPSA) is 38.8 Å². The molecule has 8 heteroatoms. The molecule has 0 saturated carbocycles. The lowest BCUT2D eigenvalue weighted by Gasteiger charge is -2.44. The van der Waals surface area contributed by atoms with E-state index in [0.29, 0.717) is 17.6 Å². The maximum atomic E-state index is 13.1. The van der Waals surface area contributed by atoms with Crippen LogP contribution in [-0.4, -0.2) is 36.3 Å². The summed E-state index contributed by atoms with van der Waals surface area (Å²) in [4.78, 5) is 14.3. The van der Waals surface area contributed by atoms with E-state index < -0.39 is 23.9 Å². The molecule has 2 bridgehead atoms. The lowest BCUT2D eigenvalue weighted by Crippen LogP contribution is -2.56. The smallest absolute Gasteiger partial charge is 0.416 e. The first kappa shape index (κ1) is 20.8. The zero-order valence-electron chi connectivity index (χ0n) is 15.9. The number of amides is 1. The molecule has 2 aliphatic rings. The van der Waals surface area contributed by atoms with E-state index in [2.05, 4.69) is 0 Å². The summed E-state index contributed by atoms with van der Waals surface area (Å²) in [5.74, 6) is 0. The van der Waals surface area contributed by atoms with E-state index in [0.717, 1.165) is 17.7 Å². The molecule has 158 valence electrons. The van der Waals surface area contributed by atoms with Gasteiger partial charge in [-0.05, 0) is 41.3 Å². The van der Waals surface area contributed by atoms with Crippen LogP contribution in [0.15, 0.2) is 54.6 Å². The first-order chi connectivity index (χ1) is 14.3. The van der Waals surface area contributed by atoms with Crippen molar-refractivity contribution in [3.05, 3.63) is 76.3 Å². The lowest BCUT2D eigenvalue weighted by molar-refractivity contribution is -0.137. The van der Waals surface area contributed by atoms with Gasteiger partial charge in [0.2, 0.25) is 0 Å². The highest BCUT2D eigenvalue weighted by Gasteiger charge is 2.40. The largest absolute Gasteiger partial charge is 0.445 e. The van der Waals surface area contributed by atoms with Crippen molar-refractivity contribution in [1.29, 1.82) is 0 Å². The van der Waals surface area contributed by atoms with Crippen LogP contribution in [0.5, 0.6) is 0 Å². The lowest BCUT2D eigenvalue weighted by atomic mass is 9.89. The van der Waals surface area contributed by atoms with Crippen molar-refractivity contribution in [3.8, 4) is 0 Å². The maximum Gasteiger partial charge on any atom is 0.416 e. The molecule has 0 spiro atoms. The van der Waals surface area contributed by atoms with Gasteiger partial charge in [0.25, 0.3) is 0 Å². The van der Waals surface area contributed by atoms with E-state index in [-0.39, 0.29) is 30.9 Å². The SMILES string of the molecule is O=C(OCc1ccccc1)N1C2C=C(c3cc(C(F)(F)F)ccc3Cl)CC1COC2. The molecule has 0 radical (unpaired) electrons. The molecule has 30 heavy (non-hydrogen) atoms. The van der Waals surface area contributed by atoms with Gasteiger partial charge < -0.3 is 9.47 Å². The van der Waals surface area contributed by atoms with Crippen molar-refractivity contribution in [2.45, 2.75) is 31.3 Å². The Kier molecular flexibility index (Phi) is 5.75. The molecule has 2 heterocycles. The molecule has 2 aromatic carbocycles. The molecule has 1 fully saturated rings. The van der Waals surface area contributed by atoms with Crippen LogP contribution in [0.25, 0.3) is 5.57 Å². The number of benzene rings is 2. The first-order valence-electron chi connectivity index (χ1n) is 9.47. The fraction of sp³-hybridized carbons (Fsp3) is 0.318. The Morgan fingerprint density at radius 2 is 1.93 bits per heavy atom. The molecule has 1 saturated heterocycles. The van der Waals surface area contributed by atoms with Gasteiger partial charge in [-0.3, -0.25) is 4.90 Å². The van der Waals surface area contributed by atoms with Crippen molar-refractivity contribution < 1.29 is 27.4 Å². The first-order valence-corrected chi connectivity index (χ1v) is 9.85. The Bertz CT molecular complexity index is 962. The molecule has 0 N–H and O–H groups in total. The standard InChI is InChI=1S/C22H19ClF3NO3/c23-20-7-6-16(22(24,25)26)10-19(20)15-8-17-12-29-13-18(9-15)27(17)21(28)30-11-14-4-2-1-3-5-14/h1-8,10,17-18H,9,11-13H2. The van der Waals surface area contributed by atoms with Crippen molar-refractivity contribution in [1.82, 2.24) is 4.90 Å². The van der Waals surface area contributed by atoms with Crippen LogP contribution in [0.3, 0.4) is 0 Å². The van der Waals surface area contributed by atoms with Crippen molar-refractivity contribution in [3.63, 3.8) is 0 Å². The second-order valence-electron chi connectivity index (χ2n) is 7.29. The Morgan fingerprint density at radius 1 is 1.17 bits per heavy atom. The van der Waals surface area contributed by atoms with Gasteiger partial charge >= 0.3 is 12.3 Å². The average Bonchev–Trinajstić information content (AvgIpc) is 2.71. The molecule has 0 aliphatic carbocycles. The van der Waals surface area contributed by atoms with Crippen LogP contribution in [0.1, 0.15) is 23.1 Å². The van der Waals surface area contributed by atoms with Gasteiger partial charge in [0.15, 0.2) is 0 Å². The minimum atomic E-state index is -4.46. The van der Waals surface area contributed by atoms with Crippen LogP contribution in [-0.2, 0) is 22.3 Å². The quantitative estimate of drug-likeness (QED) is 0.631. The van der Waals surface area contributed by atoms with E-state index in [1.165, 1.54) is 6.07 Å². The fourth-order valence-electron chi connectivity index (χ4n) is 3.82. The fourth-order valence-corrected chi connectivity index (χ4v) is 4.06. The third-order valence-electron chi connectivity index (χ3n) is 5.25. The number of carbonyl (C=O) groups excluding carboxylic acids is 1. The summed E-state index contributed by atoms with van der Waals surface area (Å²) >= 11 is 6.21. The van der Waals surface area contributed by atoms with Crippen molar-refractivity contribution in [2.75, 3.05) is 13.2 Å². The van der Waals surface area contributed by atoms with E-state index in [4.69, 9.17) is 21.1 Å². The molecule has 4 nitrogen and oxygen atoms in total. The van der Waals surface area contributed by atoms with Crippen LogP contribution >= 0.6 is 11.6 Å². The summed E-state index contributed by atoms with van der Waals surface area (Å²) in [6.45, 7) is 0.675. The summed E-state index contributed by atoms with van der Waals surface area (Å²) in [6, 6.07) is 11.8. The van der Waals surface area contributed by atoms with Gasteiger partial charge in [0.05, 0.1) is 30.9 Å². The summed E-state index contributed by atoms with van der Waals surface area (Å²) in [6.07, 6.45) is -2.85. The Labute approximate surface area is 176 Å². The van der Waals surface area contributed by atoms with Crippen LogP contribution in [0, 0.1) is 0 Å². The van der Waals surface area contributed by atoms with Gasteiger partial charge in [-0.2, -0.15) is 13.2 Å². The summed E-state index contributed by atoms with van der Waals surface area (Å²) < 4.78 is 50.4. The summed E-state index contributed by atoms with van der Waals surface area (Å²) in [5.41, 5.74) is 1.13. The monoisotopic (exact) mass is 437 g/mol. The number of rotatable bonds is 3. The number of carbonyl (C=O) groups is 1. The number of alkyl halides is 3. The van der Waals surface area contributed by atoms with Crippen LogP contribution < -0.4 is 0 Å². The van der Waals surface area contributed by atoms with E-state index >= 15 is 0 Å². The van der Waals surface area contributed by atoms with Gasteiger partial charge in [0, 0.05) is 5.02 Å². The highest BCUT2D eigenvalue weighted by molar-refractivity contribution is 6.32. The molecule has 0 aromatic heterocycles. The predicted octanol–water partition coefficient (Wildman–Crippen LogP) is 5.55. The Balaban J connectivity index is 1.56. The molecular weight excluding hydrogens is 419 g/mol. The van der Waals surface area contributed by atoms with Crippen LogP contribution in [0.2, 0.25) is 5.02 Å². The minimum absolute atomic E-state index is 0.145. The predicted molar refractivity (Wildman–Crippen MR) is 106 cm³/mol. The third kappa shape index (κ3) is 4.32. The number of morpholine rings is 1. The highest BCUT2D eigenvalue weighted by atomic mass is 35.5. The second kappa shape index (κ2) is 8.32. The number of halogens is 4. The highest BCUT2D eigenvalue weighted by Crippen LogP contribution is 2.39. The summed E-state index contributed by atoms with van der Waals surface area (Å²) in [5, 5.41) is 0.244. The van der Waals surface area contributed by atoms with Crippen LogP contribution in [0.4, 0.5) is 18.0 Å². The van der Waals surface area contributed by atoms with E-state index in [1.807, 2.05) is 30.3 Å². The molecule has 1 amide bonds. The van der Waals surface area contributed by atoms with Crippen molar-refractivity contribution in [2.24, 2.45) is 0 Å². The Morgan fingerprint density at radius 3 is 2.63 bits per heavy atom. The number of nitrogens with zero attached hydrogens (tertiary/aromatic N) is 1. The third-order valence-corrected chi connectivity index (χ3v) is 5.58. The van der Waals surface area contributed by atoms with E-state index in [1.54, 1.807) is 11.0 Å². The Hall–Kier alpha value is -2.51. The number of hydrogen-bond acceptors (Lipinski definition) is 3. The molecule has 2 aliphatic heterocycles. The maximum absolute atomic E-state index is 13.1.